The lowest BCUT2D eigenvalue weighted by Gasteiger charge is -2.33. The summed E-state index contributed by atoms with van der Waals surface area (Å²) in [7, 11) is 0. The third kappa shape index (κ3) is 4.78. The van der Waals surface area contributed by atoms with E-state index in [2.05, 4.69) is 30.4 Å². The van der Waals surface area contributed by atoms with Crippen molar-refractivity contribution in [2.75, 3.05) is 36.4 Å². The van der Waals surface area contributed by atoms with Crippen LogP contribution in [0.3, 0.4) is 0 Å². The fourth-order valence-electron chi connectivity index (χ4n) is 4.98. The Morgan fingerprint density at radius 1 is 0.943 bits per heavy atom. The van der Waals surface area contributed by atoms with Crippen LogP contribution in [0.25, 0.3) is 5.57 Å². The van der Waals surface area contributed by atoms with Crippen LogP contribution in [0.1, 0.15) is 47.7 Å². The molecule has 2 aliphatic rings. The van der Waals surface area contributed by atoms with Crippen molar-refractivity contribution in [2.24, 2.45) is 5.92 Å². The van der Waals surface area contributed by atoms with Crippen molar-refractivity contribution in [3.63, 3.8) is 0 Å². The Kier molecular flexibility index (Phi) is 6.53. The molecule has 1 saturated heterocycles. The monoisotopic (exact) mass is 469 g/mol. The molecule has 35 heavy (non-hydrogen) atoms. The van der Waals surface area contributed by atoms with Gasteiger partial charge in [-0.05, 0) is 54.0 Å². The van der Waals surface area contributed by atoms with Crippen LogP contribution in [0, 0.1) is 5.92 Å². The molecular weight excluding hydrogens is 438 g/mol. The maximum absolute atomic E-state index is 13.0. The number of hydrogen-bond donors (Lipinski definition) is 1. The summed E-state index contributed by atoms with van der Waals surface area (Å²) in [5.74, 6) is 0.680. The summed E-state index contributed by atoms with van der Waals surface area (Å²) < 4.78 is 0. The van der Waals surface area contributed by atoms with Crippen LogP contribution in [0.5, 0.6) is 0 Å². The van der Waals surface area contributed by atoms with Gasteiger partial charge < -0.3 is 15.1 Å². The lowest BCUT2D eigenvalue weighted by atomic mass is 9.97. The van der Waals surface area contributed by atoms with Gasteiger partial charge in [-0.1, -0.05) is 55.5 Å². The zero-order valence-corrected chi connectivity index (χ0v) is 20.1. The van der Waals surface area contributed by atoms with Crippen molar-refractivity contribution in [2.45, 2.75) is 32.7 Å². The molecule has 0 saturated carbocycles. The molecule has 0 spiro atoms. The summed E-state index contributed by atoms with van der Waals surface area (Å²) in [6.07, 6.45) is 5.06. The molecule has 3 aromatic rings. The molecule has 3 aromatic carbocycles. The van der Waals surface area contributed by atoms with Gasteiger partial charge in [0.1, 0.15) is 11.4 Å². The van der Waals surface area contributed by atoms with E-state index < -0.39 is 5.43 Å². The predicted octanol–water partition coefficient (Wildman–Crippen LogP) is 4.06. The van der Waals surface area contributed by atoms with Crippen LogP contribution >= 0.6 is 0 Å². The number of nitrogens with one attached hydrogen (secondary N) is 1. The molecule has 2 heterocycles. The summed E-state index contributed by atoms with van der Waals surface area (Å²) >= 11 is 0. The van der Waals surface area contributed by atoms with Gasteiger partial charge in [-0.25, -0.2) is 0 Å². The molecule has 0 aromatic heterocycles. The van der Waals surface area contributed by atoms with E-state index in [1.807, 2.05) is 52.3 Å². The van der Waals surface area contributed by atoms with Gasteiger partial charge in [0.15, 0.2) is 0 Å². The van der Waals surface area contributed by atoms with Gasteiger partial charge in [-0.15, -0.1) is 0 Å². The molecule has 0 bridgehead atoms. The first kappa shape index (κ1) is 23.1. The Morgan fingerprint density at radius 2 is 1.66 bits per heavy atom. The van der Waals surface area contributed by atoms with E-state index in [9.17, 15) is 14.4 Å². The third-order valence-electron chi connectivity index (χ3n) is 7.30. The quantitative estimate of drug-likeness (QED) is 0.552. The summed E-state index contributed by atoms with van der Waals surface area (Å²) in [5.41, 5.74) is 4.28. The Hall–Kier alpha value is -3.67. The first-order valence-corrected chi connectivity index (χ1v) is 12.5. The van der Waals surface area contributed by atoms with Crippen molar-refractivity contribution < 1.29 is 4.79 Å². The summed E-state index contributed by atoms with van der Waals surface area (Å²) in [4.78, 5) is 41.3. The van der Waals surface area contributed by atoms with Gasteiger partial charge in [0.2, 0.25) is 0 Å². The number of piperidine rings is 1. The fraction of sp³-hybridized carbons (Fsp3) is 0.345. The average Bonchev–Trinajstić information content (AvgIpc) is 2.92. The van der Waals surface area contributed by atoms with E-state index in [1.165, 1.54) is 11.1 Å². The van der Waals surface area contributed by atoms with Crippen LogP contribution in [-0.4, -0.2) is 37.0 Å². The Bertz CT molecular complexity index is 1300. The fourth-order valence-corrected chi connectivity index (χ4v) is 4.98. The molecular formula is C29H31N3O3. The van der Waals surface area contributed by atoms with Crippen LogP contribution in [0.4, 0.5) is 11.4 Å². The molecule has 6 heteroatoms. The van der Waals surface area contributed by atoms with Crippen molar-refractivity contribution in [3.8, 4) is 0 Å². The van der Waals surface area contributed by atoms with E-state index in [-0.39, 0.29) is 11.3 Å². The molecule has 1 amide bonds. The summed E-state index contributed by atoms with van der Waals surface area (Å²) in [6, 6.07) is 17.8. The first-order chi connectivity index (χ1) is 17.0. The molecule has 2 aliphatic heterocycles. The summed E-state index contributed by atoms with van der Waals surface area (Å²) in [6.45, 7) is 5.59. The SMILES string of the molecule is CC1CCN(c2c(NCc3ccc(C(=O)N4CC=C(c5ccccc5)CC4)cc3)c(=O)c2=O)CC1. The number of carbonyl (C=O) groups excluding carboxylic acids is 1. The maximum Gasteiger partial charge on any atom is 0.254 e. The molecule has 180 valence electrons. The zero-order chi connectivity index (χ0) is 24.4. The topological polar surface area (TPSA) is 69.7 Å². The number of rotatable bonds is 6. The van der Waals surface area contributed by atoms with Crippen molar-refractivity contribution in [1.82, 2.24) is 4.90 Å². The molecule has 0 unspecified atom stereocenters. The van der Waals surface area contributed by atoms with E-state index in [1.54, 1.807) is 0 Å². The third-order valence-corrected chi connectivity index (χ3v) is 7.30. The average molecular weight is 470 g/mol. The number of anilines is 2. The zero-order valence-electron chi connectivity index (χ0n) is 20.1. The largest absolute Gasteiger partial charge is 0.376 e. The van der Waals surface area contributed by atoms with Crippen molar-refractivity contribution >= 4 is 22.9 Å². The molecule has 6 nitrogen and oxygen atoms in total. The normalized spacial score (nSPS) is 16.9. The van der Waals surface area contributed by atoms with Crippen LogP contribution < -0.4 is 21.1 Å². The number of hydrogen-bond acceptors (Lipinski definition) is 5. The standard InChI is InChI=1S/C29H31N3O3/c1-20-11-15-31(16-12-20)26-25(27(33)28(26)34)30-19-21-7-9-24(10-8-21)29(35)32-17-13-23(14-18-32)22-5-3-2-4-6-22/h2-10,13,20,30H,11-12,14-19H2,1H3. The highest BCUT2D eigenvalue weighted by atomic mass is 16.2. The minimum atomic E-state index is -0.432. The second kappa shape index (κ2) is 9.90. The minimum Gasteiger partial charge on any atom is -0.376 e. The van der Waals surface area contributed by atoms with Crippen LogP contribution in [0.15, 0.2) is 70.3 Å². The van der Waals surface area contributed by atoms with Gasteiger partial charge in [0, 0.05) is 38.3 Å². The molecule has 0 radical (unpaired) electrons. The number of carbonyl (C=O) groups is 1. The number of amides is 1. The van der Waals surface area contributed by atoms with Crippen LogP contribution in [0.2, 0.25) is 0 Å². The lowest BCUT2D eigenvalue weighted by Crippen LogP contribution is -2.45. The Labute approximate surface area is 205 Å². The second-order valence-electron chi connectivity index (χ2n) is 9.70. The lowest BCUT2D eigenvalue weighted by molar-refractivity contribution is 0.0773. The molecule has 0 aliphatic carbocycles. The Balaban J connectivity index is 1.19. The molecule has 1 fully saturated rings. The van der Waals surface area contributed by atoms with Crippen molar-refractivity contribution in [1.29, 1.82) is 0 Å². The van der Waals surface area contributed by atoms with Crippen LogP contribution in [-0.2, 0) is 6.54 Å². The van der Waals surface area contributed by atoms with Gasteiger partial charge in [-0.2, -0.15) is 0 Å². The number of nitrogens with zero attached hydrogens (tertiary/aromatic N) is 2. The first-order valence-electron chi connectivity index (χ1n) is 12.5. The highest BCUT2D eigenvalue weighted by molar-refractivity contribution is 5.94. The van der Waals surface area contributed by atoms with E-state index >= 15 is 0 Å². The van der Waals surface area contributed by atoms with E-state index in [0.717, 1.165) is 37.9 Å². The minimum absolute atomic E-state index is 0.0250. The van der Waals surface area contributed by atoms with E-state index in [4.69, 9.17) is 0 Å². The van der Waals surface area contributed by atoms with Gasteiger partial charge in [0.05, 0.1) is 0 Å². The maximum atomic E-state index is 13.0. The second-order valence-corrected chi connectivity index (χ2v) is 9.70. The van der Waals surface area contributed by atoms with Gasteiger partial charge in [0.25, 0.3) is 16.8 Å². The van der Waals surface area contributed by atoms with Gasteiger partial charge in [-0.3, -0.25) is 14.4 Å². The molecule has 5 rings (SSSR count). The highest BCUT2D eigenvalue weighted by Crippen LogP contribution is 2.27. The predicted molar refractivity (Wildman–Crippen MR) is 141 cm³/mol. The highest BCUT2D eigenvalue weighted by Gasteiger charge is 2.28. The Morgan fingerprint density at radius 3 is 2.31 bits per heavy atom. The number of benzene rings is 2. The van der Waals surface area contributed by atoms with E-state index in [0.29, 0.717) is 42.5 Å². The van der Waals surface area contributed by atoms with Crippen molar-refractivity contribution in [3.05, 3.63) is 97.8 Å². The molecule has 0 atom stereocenters. The van der Waals surface area contributed by atoms with Gasteiger partial charge >= 0.3 is 0 Å². The smallest absolute Gasteiger partial charge is 0.254 e. The summed E-state index contributed by atoms with van der Waals surface area (Å²) in [5, 5.41) is 3.17. The molecule has 1 N–H and O–H groups in total.